The van der Waals surface area contributed by atoms with Crippen LogP contribution in [-0.2, 0) is 23.7 Å². The van der Waals surface area contributed by atoms with Gasteiger partial charge in [-0.3, -0.25) is 9.79 Å². The van der Waals surface area contributed by atoms with E-state index >= 15 is 0 Å². The van der Waals surface area contributed by atoms with Crippen molar-refractivity contribution in [3.63, 3.8) is 0 Å². The molecule has 0 aliphatic rings. The van der Waals surface area contributed by atoms with Crippen molar-refractivity contribution in [2.75, 3.05) is 65.9 Å². The average Bonchev–Trinajstić information content (AvgIpc) is 2.80. The number of nitrogens with two attached hydrogens (primary N) is 1. The second-order valence-corrected chi connectivity index (χ2v) is 5.74. The smallest absolute Gasteiger partial charge is 0.216 e. The Hall–Kier alpha value is -1.55. The number of hydrogen-bond donors (Lipinski definition) is 2. The van der Waals surface area contributed by atoms with Gasteiger partial charge in [-0.2, -0.15) is 5.10 Å². The van der Waals surface area contributed by atoms with Crippen LogP contribution in [0.2, 0.25) is 0 Å². The first kappa shape index (κ1) is 34.1. The monoisotopic (exact) mass is 448 g/mol. The van der Waals surface area contributed by atoms with Crippen LogP contribution < -0.4 is 11.2 Å². The molecular formula is C22H48N4O5. The Labute approximate surface area is 190 Å². The fourth-order valence-electron chi connectivity index (χ4n) is 1.85. The highest BCUT2D eigenvalue weighted by Crippen LogP contribution is 1.89. The van der Waals surface area contributed by atoms with Crippen molar-refractivity contribution in [2.24, 2.45) is 15.9 Å². The van der Waals surface area contributed by atoms with Crippen molar-refractivity contribution in [1.29, 1.82) is 0 Å². The Kier molecular flexibility index (Phi) is 36.4. The van der Waals surface area contributed by atoms with Crippen LogP contribution in [0.3, 0.4) is 0 Å². The minimum absolute atomic E-state index is 0.0123. The quantitative estimate of drug-likeness (QED) is 0.136. The Bertz CT molecular complexity index is 407. The Morgan fingerprint density at radius 3 is 1.87 bits per heavy atom. The summed E-state index contributed by atoms with van der Waals surface area (Å²) >= 11 is 0. The first-order valence-corrected chi connectivity index (χ1v) is 11.5. The number of hydrazone groups is 1. The third-order valence-electron chi connectivity index (χ3n) is 3.21. The first-order chi connectivity index (χ1) is 15.2. The molecule has 0 saturated carbocycles. The maximum Gasteiger partial charge on any atom is 0.216 e. The van der Waals surface area contributed by atoms with Gasteiger partial charge in [-0.15, -0.1) is 0 Å². The fraction of sp³-hybridized carbons (Fsp3) is 0.864. The molecule has 0 saturated heterocycles. The molecule has 0 radical (unpaired) electrons. The van der Waals surface area contributed by atoms with Crippen LogP contribution >= 0.6 is 0 Å². The number of hydrogen-bond acceptors (Lipinski definition) is 8. The highest BCUT2D eigenvalue weighted by atomic mass is 16.6. The minimum atomic E-state index is -0.0123. The fourth-order valence-corrected chi connectivity index (χ4v) is 1.85. The first-order valence-electron chi connectivity index (χ1n) is 11.5. The largest absolute Gasteiger partial charge is 0.379 e. The van der Waals surface area contributed by atoms with Crippen LogP contribution in [0.25, 0.3) is 0 Å². The molecule has 31 heavy (non-hydrogen) atoms. The number of amides is 1. The van der Waals surface area contributed by atoms with Crippen LogP contribution in [0.5, 0.6) is 0 Å². The molecule has 0 rings (SSSR count). The molecule has 0 aliphatic heterocycles. The average molecular weight is 449 g/mol. The molecule has 0 aliphatic carbocycles. The maximum absolute atomic E-state index is 10.7. The van der Waals surface area contributed by atoms with Gasteiger partial charge in [-0.25, -0.2) is 0 Å². The van der Waals surface area contributed by atoms with Crippen molar-refractivity contribution in [2.45, 2.75) is 60.8 Å². The number of carbonyl (C=O) groups excluding carboxylic acids is 1. The molecule has 1 amide bonds. The summed E-state index contributed by atoms with van der Waals surface area (Å²) < 4.78 is 21.5. The van der Waals surface area contributed by atoms with E-state index in [1.54, 1.807) is 6.21 Å². The van der Waals surface area contributed by atoms with E-state index in [9.17, 15) is 4.79 Å². The molecule has 0 aromatic rings. The van der Waals surface area contributed by atoms with Crippen LogP contribution in [0.1, 0.15) is 60.8 Å². The molecule has 186 valence electrons. The van der Waals surface area contributed by atoms with E-state index in [1.807, 2.05) is 27.7 Å². The summed E-state index contributed by atoms with van der Waals surface area (Å²) in [5.41, 5.74) is 0.576. The van der Waals surface area contributed by atoms with E-state index in [0.29, 0.717) is 65.0 Å². The Morgan fingerprint density at radius 1 is 0.871 bits per heavy atom. The van der Waals surface area contributed by atoms with E-state index < -0.39 is 0 Å². The third-order valence-corrected chi connectivity index (χ3v) is 3.21. The van der Waals surface area contributed by atoms with Gasteiger partial charge in [0, 0.05) is 32.8 Å². The van der Waals surface area contributed by atoms with Crippen LogP contribution in [0.4, 0.5) is 0 Å². The zero-order valence-electron chi connectivity index (χ0n) is 20.8. The van der Waals surface area contributed by atoms with Crippen LogP contribution in [-0.4, -0.2) is 83.8 Å². The Balaban J connectivity index is -0.00000184. The van der Waals surface area contributed by atoms with Gasteiger partial charge in [0.15, 0.2) is 0 Å². The zero-order valence-corrected chi connectivity index (χ0v) is 20.8. The Morgan fingerprint density at radius 2 is 1.39 bits per heavy atom. The summed E-state index contributed by atoms with van der Waals surface area (Å²) in [5.74, 6) is 5.31. The second kappa shape index (κ2) is 33.1. The molecule has 9 nitrogen and oxygen atoms in total. The number of rotatable bonds is 19. The zero-order chi connectivity index (χ0) is 24.0. The standard InChI is InChI=1S/C18H36N4O5.2C2H6/c1-3-8-24-9-10-25-11-12-26-13-14-27-16-18(22-19)15-20-6-4-5-7-21-17(2)23;2*1-2/h15H,3-14,16,19H2,1-2H3,(H,21,23);2*1-2H3/b20-15?,22-18+;;. The summed E-state index contributed by atoms with van der Waals surface area (Å²) in [5, 5.41) is 6.39. The van der Waals surface area contributed by atoms with E-state index in [1.165, 1.54) is 6.92 Å². The van der Waals surface area contributed by atoms with Gasteiger partial charge >= 0.3 is 0 Å². The van der Waals surface area contributed by atoms with Gasteiger partial charge in [-0.05, 0) is 19.3 Å². The highest BCUT2D eigenvalue weighted by molar-refractivity contribution is 6.31. The van der Waals surface area contributed by atoms with Gasteiger partial charge in [0.05, 0.1) is 46.2 Å². The van der Waals surface area contributed by atoms with Crippen molar-refractivity contribution in [3.05, 3.63) is 0 Å². The third kappa shape index (κ3) is 33.3. The van der Waals surface area contributed by atoms with E-state index in [0.717, 1.165) is 25.9 Å². The van der Waals surface area contributed by atoms with Crippen LogP contribution in [0, 0.1) is 0 Å². The molecule has 0 aromatic carbocycles. The van der Waals surface area contributed by atoms with Crippen molar-refractivity contribution in [1.82, 2.24) is 5.32 Å². The number of ether oxygens (including phenoxy) is 4. The summed E-state index contributed by atoms with van der Waals surface area (Å²) in [6, 6.07) is 0. The molecule has 0 atom stereocenters. The summed E-state index contributed by atoms with van der Waals surface area (Å²) in [6.45, 7) is 17.2. The summed E-state index contributed by atoms with van der Waals surface area (Å²) in [4.78, 5) is 15.0. The number of nitrogens with one attached hydrogen (secondary N) is 1. The molecule has 9 heteroatoms. The topological polar surface area (TPSA) is 117 Å². The number of carbonyl (C=O) groups is 1. The maximum atomic E-state index is 10.7. The number of nitrogens with zero attached hydrogens (tertiary/aromatic N) is 2. The number of aliphatic imine (C=N–C) groups is 1. The molecule has 0 aromatic heterocycles. The van der Waals surface area contributed by atoms with E-state index in [4.69, 9.17) is 24.8 Å². The molecule has 0 spiro atoms. The van der Waals surface area contributed by atoms with Crippen molar-refractivity contribution < 1.29 is 23.7 Å². The lowest BCUT2D eigenvalue weighted by atomic mass is 10.3. The lowest BCUT2D eigenvalue weighted by molar-refractivity contribution is -0.118. The molecule has 0 heterocycles. The molecule has 0 unspecified atom stereocenters. The SMILES string of the molecule is CC.CC.CCCOCCOCCOCCOC/C(C=NCCCCNC(C)=O)=N/N. The molecule has 0 bridgehead atoms. The van der Waals surface area contributed by atoms with Gasteiger partial charge in [0.25, 0.3) is 0 Å². The number of unbranched alkanes of at least 4 members (excludes halogenated alkanes) is 1. The summed E-state index contributed by atoms with van der Waals surface area (Å²) in [6.07, 6.45) is 4.41. The predicted molar refractivity (Wildman–Crippen MR) is 129 cm³/mol. The summed E-state index contributed by atoms with van der Waals surface area (Å²) in [7, 11) is 0. The molecular weight excluding hydrogens is 400 g/mol. The van der Waals surface area contributed by atoms with Crippen LogP contribution in [0.15, 0.2) is 10.1 Å². The van der Waals surface area contributed by atoms with Gasteiger partial charge in [0.1, 0.15) is 5.71 Å². The highest BCUT2D eigenvalue weighted by Gasteiger charge is 1.97. The van der Waals surface area contributed by atoms with Gasteiger partial charge in [-0.1, -0.05) is 34.6 Å². The molecule has 0 fully saturated rings. The lowest BCUT2D eigenvalue weighted by Gasteiger charge is -2.07. The van der Waals surface area contributed by atoms with Crippen molar-refractivity contribution in [3.8, 4) is 0 Å². The van der Waals surface area contributed by atoms with Gasteiger partial charge in [0.2, 0.25) is 5.91 Å². The normalized spacial score (nSPS) is 10.8. The minimum Gasteiger partial charge on any atom is -0.379 e. The van der Waals surface area contributed by atoms with E-state index in [2.05, 4.69) is 22.3 Å². The lowest BCUT2D eigenvalue weighted by Crippen LogP contribution is -2.20. The molecule has 3 N–H and O–H groups in total. The van der Waals surface area contributed by atoms with E-state index in [-0.39, 0.29) is 5.91 Å². The second-order valence-electron chi connectivity index (χ2n) is 5.74. The van der Waals surface area contributed by atoms with Crippen molar-refractivity contribution >= 4 is 17.8 Å². The predicted octanol–water partition coefficient (Wildman–Crippen LogP) is 2.82. The van der Waals surface area contributed by atoms with Gasteiger partial charge < -0.3 is 30.1 Å².